The summed E-state index contributed by atoms with van der Waals surface area (Å²) in [5, 5.41) is 1.28. The number of hydrogen-bond acceptors (Lipinski definition) is 5. The lowest BCUT2D eigenvalue weighted by molar-refractivity contribution is -0.145. The zero-order chi connectivity index (χ0) is 19.0. The maximum Gasteiger partial charge on any atom is 0.347 e. The highest BCUT2D eigenvalue weighted by molar-refractivity contribution is 6.30. The van der Waals surface area contributed by atoms with E-state index in [0.717, 1.165) is 0 Å². The summed E-state index contributed by atoms with van der Waals surface area (Å²) in [6.07, 6.45) is 0.804. The van der Waals surface area contributed by atoms with Crippen LogP contribution < -0.4 is 5.56 Å². The van der Waals surface area contributed by atoms with Crippen LogP contribution >= 0.6 is 11.6 Å². The van der Waals surface area contributed by atoms with Gasteiger partial charge in [-0.05, 0) is 24.3 Å². The summed E-state index contributed by atoms with van der Waals surface area (Å²) in [4.78, 5) is 37.3. The van der Waals surface area contributed by atoms with Gasteiger partial charge in [0.1, 0.15) is 0 Å². The van der Waals surface area contributed by atoms with Crippen LogP contribution in [-0.4, -0.2) is 29.2 Å². The fourth-order valence-corrected chi connectivity index (χ4v) is 3.23. The number of benzene rings is 2. The van der Waals surface area contributed by atoms with Crippen molar-refractivity contribution in [2.75, 3.05) is 6.61 Å². The predicted octanol–water partition coefficient (Wildman–Crippen LogP) is 3.12. The van der Waals surface area contributed by atoms with E-state index >= 15 is 0 Å². The molecule has 0 radical (unpaired) electrons. The predicted molar refractivity (Wildman–Crippen MR) is 99.3 cm³/mol. The Kier molecular flexibility index (Phi) is 4.41. The first kappa shape index (κ1) is 17.3. The second-order valence-corrected chi connectivity index (χ2v) is 6.53. The normalized spacial score (nSPS) is 16.3. The summed E-state index contributed by atoms with van der Waals surface area (Å²) in [5.74, 6) is -1.25. The first-order chi connectivity index (χ1) is 13.0. The lowest BCUT2D eigenvalue weighted by atomic mass is 10.1. The van der Waals surface area contributed by atoms with Crippen LogP contribution in [0.4, 0.5) is 0 Å². The largest absolute Gasteiger partial charge is 0.463 e. The molecule has 2 heterocycles. The van der Waals surface area contributed by atoms with Crippen molar-refractivity contribution in [2.45, 2.75) is 12.5 Å². The summed E-state index contributed by atoms with van der Waals surface area (Å²) in [5.41, 5.74) is 0.419. The number of carbonyl (C=O) groups is 2. The monoisotopic (exact) mass is 383 g/mol. The van der Waals surface area contributed by atoms with Gasteiger partial charge in [-0.3, -0.25) is 9.36 Å². The van der Waals surface area contributed by atoms with Crippen LogP contribution in [0.1, 0.15) is 16.8 Å². The third kappa shape index (κ3) is 3.19. The summed E-state index contributed by atoms with van der Waals surface area (Å²) in [6, 6.07) is 13.5. The number of nitrogens with zero attached hydrogens (tertiary/aromatic N) is 1. The summed E-state index contributed by atoms with van der Waals surface area (Å²) in [7, 11) is 0. The van der Waals surface area contributed by atoms with E-state index in [4.69, 9.17) is 21.1 Å². The van der Waals surface area contributed by atoms with E-state index in [1.54, 1.807) is 48.5 Å². The Morgan fingerprint density at radius 2 is 1.89 bits per heavy atom. The van der Waals surface area contributed by atoms with E-state index in [1.165, 1.54) is 10.8 Å². The highest BCUT2D eigenvalue weighted by Crippen LogP contribution is 2.21. The minimum Gasteiger partial charge on any atom is -0.463 e. The molecule has 1 saturated heterocycles. The molecule has 0 aliphatic carbocycles. The maximum absolute atomic E-state index is 12.9. The van der Waals surface area contributed by atoms with Crippen LogP contribution in [0, 0.1) is 0 Å². The van der Waals surface area contributed by atoms with Crippen molar-refractivity contribution in [1.82, 2.24) is 4.57 Å². The molecule has 27 heavy (non-hydrogen) atoms. The molecule has 6 nitrogen and oxygen atoms in total. The Hall–Kier alpha value is -3.12. The number of cyclic esters (lactones) is 1. The summed E-state index contributed by atoms with van der Waals surface area (Å²) >= 11 is 6.04. The fraction of sp³-hybridized carbons (Fsp3) is 0.150. The topological polar surface area (TPSA) is 74.6 Å². The number of rotatable bonds is 3. The van der Waals surface area contributed by atoms with Gasteiger partial charge in [-0.2, -0.15) is 0 Å². The van der Waals surface area contributed by atoms with E-state index in [0.29, 0.717) is 27.9 Å². The quantitative estimate of drug-likeness (QED) is 0.650. The molecule has 0 N–H and O–H groups in total. The number of pyridine rings is 1. The zero-order valence-electron chi connectivity index (χ0n) is 14.1. The minimum absolute atomic E-state index is 0.185. The molecule has 0 saturated carbocycles. The van der Waals surface area contributed by atoms with Gasteiger partial charge in [0.25, 0.3) is 5.56 Å². The van der Waals surface area contributed by atoms with Crippen molar-refractivity contribution in [3.8, 4) is 5.69 Å². The van der Waals surface area contributed by atoms with Gasteiger partial charge in [0, 0.05) is 28.4 Å². The zero-order valence-corrected chi connectivity index (χ0v) is 14.8. The Bertz CT molecular complexity index is 1120. The molecule has 1 atom stereocenters. The van der Waals surface area contributed by atoms with Crippen LogP contribution in [0.25, 0.3) is 16.5 Å². The summed E-state index contributed by atoms with van der Waals surface area (Å²) in [6.45, 7) is 0.222. The van der Waals surface area contributed by atoms with E-state index in [-0.39, 0.29) is 17.7 Å². The third-order valence-corrected chi connectivity index (χ3v) is 4.60. The van der Waals surface area contributed by atoms with Gasteiger partial charge in [0.2, 0.25) is 6.10 Å². The number of aromatic nitrogens is 1. The van der Waals surface area contributed by atoms with Gasteiger partial charge in [0.05, 0.1) is 17.9 Å². The van der Waals surface area contributed by atoms with Gasteiger partial charge >= 0.3 is 11.9 Å². The molecule has 2 aromatic carbocycles. The molecule has 3 aromatic rings. The van der Waals surface area contributed by atoms with Crippen molar-refractivity contribution in [1.29, 1.82) is 0 Å². The third-order valence-electron chi connectivity index (χ3n) is 4.37. The lowest BCUT2D eigenvalue weighted by Gasteiger charge is -2.13. The SMILES string of the molecule is O=C(O[C@H]1CCOC1=O)c1cn(-c2cccc(Cl)c2)c(=O)c2ccccc12. The van der Waals surface area contributed by atoms with Crippen molar-refractivity contribution >= 4 is 34.3 Å². The van der Waals surface area contributed by atoms with E-state index in [1.807, 2.05) is 0 Å². The molecular formula is C20H14ClNO5. The van der Waals surface area contributed by atoms with Crippen LogP contribution in [0.2, 0.25) is 5.02 Å². The van der Waals surface area contributed by atoms with E-state index < -0.39 is 18.0 Å². The Labute approximate surface area is 158 Å². The van der Waals surface area contributed by atoms with Gasteiger partial charge < -0.3 is 9.47 Å². The van der Waals surface area contributed by atoms with Gasteiger partial charge in [-0.25, -0.2) is 9.59 Å². The number of fused-ring (bicyclic) bond motifs is 1. The average molecular weight is 384 g/mol. The Balaban J connectivity index is 1.86. The summed E-state index contributed by atoms with van der Waals surface area (Å²) < 4.78 is 11.5. The molecule has 136 valence electrons. The Morgan fingerprint density at radius 3 is 2.59 bits per heavy atom. The van der Waals surface area contributed by atoms with Gasteiger partial charge in [0.15, 0.2) is 0 Å². The first-order valence-electron chi connectivity index (χ1n) is 8.32. The van der Waals surface area contributed by atoms with Crippen molar-refractivity contribution in [3.63, 3.8) is 0 Å². The molecule has 1 aromatic heterocycles. The molecule has 0 amide bonds. The maximum atomic E-state index is 12.9. The lowest BCUT2D eigenvalue weighted by Crippen LogP contribution is -2.25. The van der Waals surface area contributed by atoms with Crippen molar-refractivity contribution in [3.05, 3.63) is 75.7 Å². The van der Waals surface area contributed by atoms with Crippen LogP contribution in [0.5, 0.6) is 0 Å². The van der Waals surface area contributed by atoms with E-state index in [2.05, 4.69) is 0 Å². The standard InChI is InChI=1S/C20H14ClNO5/c21-12-4-3-5-13(10-12)22-11-16(14-6-1-2-7-15(14)18(22)23)19(24)27-17-8-9-26-20(17)25/h1-7,10-11,17H,8-9H2/t17-/m0/s1. The first-order valence-corrected chi connectivity index (χ1v) is 8.70. The minimum atomic E-state index is -0.928. The molecule has 7 heteroatoms. The van der Waals surface area contributed by atoms with Crippen LogP contribution in [0.15, 0.2) is 59.5 Å². The number of halogens is 1. The second kappa shape index (κ2) is 6.89. The van der Waals surface area contributed by atoms with Gasteiger partial charge in [-0.15, -0.1) is 0 Å². The van der Waals surface area contributed by atoms with Crippen molar-refractivity contribution in [2.24, 2.45) is 0 Å². The fourth-order valence-electron chi connectivity index (χ4n) is 3.05. The molecule has 1 aliphatic rings. The number of ether oxygens (including phenoxy) is 2. The molecule has 1 fully saturated rings. The van der Waals surface area contributed by atoms with Crippen LogP contribution in [-0.2, 0) is 14.3 Å². The smallest absolute Gasteiger partial charge is 0.347 e. The highest BCUT2D eigenvalue weighted by atomic mass is 35.5. The Morgan fingerprint density at radius 1 is 1.11 bits per heavy atom. The molecule has 0 unspecified atom stereocenters. The number of esters is 2. The van der Waals surface area contributed by atoms with Gasteiger partial charge in [-0.1, -0.05) is 35.9 Å². The van der Waals surface area contributed by atoms with Crippen molar-refractivity contribution < 1.29 is 19.1 Å². The number of hydrogen-bond donors (Lipinski definition) is 0. The molecular weight excluding hydrogens is 370 g/mol. The molecule has 1 aliphatic heterocycles. The second-order valence-electron chi connectivity index (χ2n) is 6.09. The van der Waals surface area contributed by atoms with Crippen LogP contribution in [0.3, 0.4) is 0 Å². The molecule has 0 bridgehead atoms. The average Bonchev–Trinajstić information content (AvgIpc) is 3.07. The molecule has 0 spiro atoms. The molecule has 4 rings (SSSR count). The highest BCUT2D eigenvalue weighted by Gasteiger charge is 2.31. The van der Waals surface area contributed by atoms with E-state index in [9.17, 15) is 14.4 Å². The number of carbonyl (C=O) groups excluding carboxylic acids is 2.